The minimum atomic E-state index is -4.77. The summed E-state index contributed by atoms with van der Waals surface area (Å²) >= 11 is 5.93. The Hall–Kier alpha value is -2.87. The smallest absolute Gasteiger partial charge is 0.328 e. The number of hydrogen-bond acceptors (Lipinski definition) is 1. The SMILES string of the molecule is Cc1c(-c2ccc(Cl)cc2)c(C(=O)N2CC(F)(F)C2)n(Cc2ccccc2)c1C(F)(F)F. The first-order valence-electron chi connectivity index (χ1n) is 9.75. The van der Waals surface area contributed by atoms with Gasteiger partial charge < -0.3 is 9.47 Å². The molecule has 1 fully saturated rings. The lowest BCUT2D eigenvalue weighted by Crippen LogP contribution is -2.58. The van der Waals surface area contributed by atoms with E-state index in [-0.39, 0.29) is 23.4 Å². The van der Waals surface area contributed by atoms with Crippen molar-refractivity contribution < 1.29 is 26.7 Å². The molecule has 1 aliphatic rings. The first kappa shape index (κ1) is 22.3. The first-order chi connectivity index (χ1) is 15.0. The van der Waals surface area contributed by atoms with Gasteiger partial charge in [0.25, 0.3) is 11.8 Å². The number of carbonyl (C=O) groups excluding carboxylic acids is 1. The largest absolute Gasteiger partial charge is 0.431 e. The fourth-order valence-corrected chi connectivity index (χ4v) is 4.16. The standard InChI is InChI=1S/C23H18ClF5N2O/c1-14-18(16-7-9-17(24)10-8-16)19(21(32)30-12-22(25,26)13-30)31(20(14)23(27,28)29)11-15-5-3-2-4-6-15/h2-10H,11-13H2,1H3. The van der Waals surface area contributed by atoms with Crippen molar-refractivity contribution in [1.82, 2.24) is 9.47 Å². The van der Waals surface area contributed by atoms with E-state index in [0.29, 0.717) is 16.1 Å². The fraction of sp³-hybridized carbons (Fsp3) is 0.261. The maximum absolute atomic E-state index is 14.2. The molecule has 0 spiro atoms. The van der Waals surface area contributed by atoms with Crippen LogP contribution >= 0.6 is 11.6 Å². The summed E-state index contributed by atoms with van der Waals surface area (Å²) in [6.07, 6.45) is -4.77. The minimum absolute atomic E-state index is 0.0603. The number of alkyl halides is 5. The third-order valence-corrected chi connectivity index (χ3v) is 5.68. The van der Waals surface area contributed by atoms with Crippen LogP contribution in [-0.2, 0) is 12.7 Å². The van der Waals surface area contributed by atoms with Crippen LogP contribution in [0.3, 0.4) is 0 Å². The van der Waals surface area contributed by atoms with E-state index >= 15 is 0 Å². The van der Waals surface area contributed by atoms with Crippen molar-refractivity contribution >= 4 is 17.5 Å². The van der Waals surface area contributed by atoms with E-state index < -0.39 is 36.8 Å². The predicted molar refractivity (Wildman–Crippen MR) is 111 cm³/mol. The summed E-state index contributed by atoms with van der Waals surface area (Å²) in [6, 6.07) is 14.4. The second kappa shape index (κ2) is 7.92. The molecule has 1 aliphatic heterocycles. The van der Waals surface area contributed by atoms with Gasteiger partial charge in [-0.25, -0.2) is 8.78 Å². The molecule has 3 aromatic rings. The van der Waals surface area contributed by atoms with Gasteiger partial charge >= 0.3 is 6.18 Å². The molecule has 9 heteroatoms. The highest BCUT2D eigenvalue weighted by atomic mass is 35.5. The van der Waals surface area contributed by atoms with Crippen LogP contribution in [-0.4, -0.2) is 34.4 Å². The molecular weight excluding hydrogens is 451 g/mol. The summed E-state index contributed by atoms with van der Waals surface area (Å²) in [5.41, 5.74) is -0.451. The summed E-state index contributed by atoms with van der Waals surface area (Å²) in [4.78, 5) is 14.1. The lowest BCUT2D eigenvalue weighted by atomic mass is 9.99. The summed E-state index contributed by atoms with van der Waals surface area (Å²) in [6.45, 7) is -0.614. The van der Waals surface area contributed by atoms with Crippen LogP contribution in [0.5, 0.6) is 0 Å². The average molecular weight is 469 g/mol. The van der Waals surface area contributed by atoms with E-state index in [2.05, 4.69) is 0 Å². The number of hydrogen-bond donors (Lipinski definition) is 0. The molecule has 32 heavy (non-hydrogen) atoms. The molecule has 2 heterocycles. The Morgan fingerprint density at radius 1 is 1.03 bits per heavy atom. The van der Waals surface area contributed by atoms with Crippen LogP contribution in [0, 0.1) is 6.92 Å². The van der Waals surface area contributed by atoms with Crippen molar-refractivity contribution in [2.75, 3.05) is 13.1 Å². The summed E-state index contributed by atoms with van der Waals surface area (Å²) < 4.78 is 70.4. The van der Waals surface area contributed by atoms with Crippen molar-refractivity contribution in [3.8, 4) is 11.1 Å². The lowest BCUT2D eigenvalue weighted by Gasteiger charge is -2.39. The molecule has 0 unspecified atom stereocenters. The Morgan fingerprint density at radius 2 is 1.62 bits per heavy atom. The highest BCUT2D eigenvalue weighted by Gasteiger charge is 2.49. The number of benzene rings is 2. The minimum Gasteiger partial charge on any atom is -0.328 e. The normalized spacial score (nSPS) is 15.5. The highest BCUT2D eigenvalue weighted by Crippen LogP contribution is 2.42. The Balaban J connectivity index is 1.96. The number of amides is 1. The number of likely N-dealkylation sites (tertiary alicyclic amines) is 1. The van der Waals surface area contributed by atoms with E-state index in [4.69, 9.17) is 11.6 Å². The molecule has 0 N–H and O–H groups in total. The van der Waals surface area contributed by atoms with Gasteiger partial charge in [0.2, 0.25) is 0 Å². The number of halogens is 6. The van der Waals surface area contributed by atoms with Crippen molar-refractivity contribution in [3.05, 3.63) is 82.1 Å². The van der Waals surface area contributed by atoms with Crippen molar-refractivity contribution in [1.29, 1.82) is 0 Å². The highest BCUT2D eigenvalue weighted by molar-refractivity contribution is 6.30. The molecule has 168 valence electrons. The van der Waals surface area contributed by atoms with Crippen LogP contribution in [0.25, 0.3) is 11.1 Å². The molecule has 4 rings (SSSR count). The maximum Gasteiger partial charge on any atom is 0.431 e. The van der Waals surface area contributed by atoms with E-state index in [1.807, 2.05) is 0 Å². The summed E-state index contributed by atoms with van der Waals surface area (Å²) in [5.74, 6) is -3.91. The van der Waals surface area contributed by atoms with Gasteiger partial charge in [-0.1, -0.05) is 54.1 Å². The van der Waals surface area contributed by atoms with Crippen molar-refractivity contribution in [3.63, 3.8) is 0 Å². The van der Waals surface area contributed by atoms with Gasteiger partial charge in [0.1, 0.15) is 11.4 Å². The predicted octanol–water partition coefficient (Wildman–Crippen LogP) is 6.28. The Kier molecular flexibility index (Phi) is 5.53. The van der Waals surface area contributed by atoms with Crippen LogP contribution in [0.2, 0.25) is 5.02 Å². The lowest BCUT2D eigenvalue weighted by molar-refractivity contribution is -0.144. The monoisotopic (exact) mass is 468 g/mol. The van der Waals surface area contributed by atoms with E-state index in [1.165, 1.54) is 31.2 Å². The molecule has 1 saturated heterocycles. The van der Waals surface area contributed by atoms with Gasteiger partial charge in [-0.3, -0.25) is 4.79 Å². The molecule has 2 aromatic carbocycles. The van der Waals surface area contributed by atoms with Crippen LogP contribution in [0.15, 0.2) is 54.6 Å². The molecular formula is C23H18ClF5N2O. The zero-order chi connectivity index (χ0) is 23.3. The van der Waals surface area contributed by atoms with Gasteiger partial charge in [0.05, 0.1) is 13.1 Å². The third-order valence-electron chi connectivity index (χ3n) is 5.43. The average Bonchev–Trinajstić information content (AvgIpc) is 2.99. The van der Waals surface area contributed by atoms with Crippen LogP contribution in [0.4, 0.5) is 22.0 Å². The Labute approximate surface area is 186 Å². The van der Waals surface area contributed by atoms with E-state index in [9.17, 15) is 26.7 Å². The van der Waals surface area contributed by atoms with Gasteiger partial charge in [0, 0.05) is 17.1 Å². The van der Waals surface area contributed by atoms with Gasteiger partial charge in [-0.05, 0) is 35.7 Å². The third kappa shape index (κ3) is 4.11. The second-order valence-corrected chi connectivity index (χ2v) is 8.23. The number of carbonyl (C=O) groups is 1. The second-order valence-electron chi connectivity index (χ2n) is 7.79. The molecule has 0 bridgehead atoms. The summed E-state index contributed by atoms with van der Waals surface area (Å²) in [5, 5.41) is 0.376. The number of nitrogens with zero attached hydrogens (tertiary/aromatic N) is 2. The van der Waals surface area contributed by atoms with E-state index in [0.717, 1.165) is 9.47 Å². The molecule has 0 atom stereocenters. The Morgan fingerprint density at radius 3 is 2.16 bits per heavy atom. The maximum atomic E-state index is 14.2. The molecule has 0 radical (unpaired) electrons. The zero-order valence-electron chi connectivity index (χ0n) is 16.9. The Bertz CT molecular complexity index is 1150. The quantitative estimate of drug-likeness (QED) is 0.414. The van der Waals surface area contributed by atoms with Gasteiger partial charge in [-0.15, -0.1) is 0 Å². The molecule has 0 aliphatic carbocycles. The topological polar surface area (TPSA) is 25.2 Å². The molecule has 1 aromatic heterocycles. The van der Waals surface area contributed by atoms with Crippen molar-refractivity contribution in [2.24, 2.45) is 0 Å². The van der Waals surface area contributed by atoms with Gasteiger partial charge in [0.15, 0.2) is 0 Å². The van der Waals surface area contributed by atoms with Crippen LogP contribution in [0.1, 0.15) is 27.3 Å². The molecule has 1 amide bonds. The van der Waals surface area contributed by atoms with E-state index in [1.54, 1.807) is 30.3 Å². The van der Waals surface area contributed by atoms with Crippen LogP contribution < -0.4 is 0 Å². The number of rotatable bonds is 4. The fourth-order valence-electron chi connectivity index (χ4n) is 4.03. The summed E-state index contributed by atoms with van der Waals surface area (Å²) in [7, 11) is 0. The van der Waals surface area contributed by atoms with Gasteiger partial charge in [-0.2, -0.15) is 13.2 Å². The molecule has 0 saturated carbocycles. The molecule has 3 nitrogen and oxygen atoms in total. The first-order valence-corrected chi connectivity index (χ1v) is 10.1. The number of aromatic nitrogens is 1. The van der Waals surface area contributed by atoms with Crippen molar-refractivity contribution in [2.45, 2.75) is 25.6 Å². The zero-order valence-corrected chi connectivity index (χ0v) is 17.6.